The Labute approximate surface area is 76.3 Å². The molecule has 0 heterocycles. The van der Waals surface area contributed by atoms with E-state index in [1.54, 1.807) is 0 Å². The highest BCUT2D eigenvalue weighted by molar-refractivity contribution is 4.93. The van der Waals surface area contributed by atoms with Gasteiger partial charge in [0.25, 0.3) is 0 Å². The average molecular weight is 172 g/mol. The van der Waals surface area contributed by atoms with Crippen LogP contribution in [0.3, 0.4) is 0 Å². The molecule has 0 bridgehead atoms. The summed E-state index contributed by atoms with van der Waals surface area (Å²) in [6.45, 7) is 4.32. The normalized spacial score (nSPS) is 12.5. The van der Waals surface area contributed by atoms with E-state index in [9.17, 15) is 0 Å². The second-order valence-electron chi connectivity index (χ2n) is 3.22. The van der Waals surface area contributed by atoms with Gasteiger partial charge in [-0.2, -0.15) is 0 Å². The largest absolute Gasteiger partial charge is 0.312 e. The van der Waals surface area contributed by atoms with E-state index in [0.717, 1.165) is 12.8 Å². The summed E-state index contributed by atoms with van der Waals surface area (Å²) < 4.78 is 0. The number of hydrogen-bond donors (Lipinski definition) is 3. The lowest BCUT2D eigenvalue weighted by molar-refractivity contribution is 0.298. The van der Waals surface area contributed by atoms with Crippen molar-refractivity contribution >= 4 is 0 Å². The topological polar surface area (TPSA) is 36.1 Å². The van der Waals surface area contributed by atoms with Gasteiger partial charge in [-0.15, -0.1) is 0 Å². The van der Waals surface area contributed by atoms with Gasteiger partial charge < -0.3 is 16.0 Å². The van der Waals surface area contributed by atoms with Crippen LogP contribution in [-0.2, 0) is 0 Å². The van der Waals surface area contributed by atoms with Gasteiger partial charge in [-0.1, -0.05) is 6.92 Å². The monoisotopic (exact) mass is 172 g/mol. The fraction of sp³-hybridized carbons (Fsp3) is 0.889. The molecule has 3 nitrogen and oxygen atoms in total. The molecule has 3 heteroatoms. The van der Waals surface area contributed by atoms with E-state index in [4.69, 9.17) is 0 Å². The Morgan fingerprint density at radius 2 is 1.67 bits per heavy atom. The maximum absolute atomic E-state index is 3.26. The van der Waals surface area contributed by atoms with Crippen LogP contribution in [0.25, 0.3) is 0 Å². The van der Waals surface area contributed by atoms with Crippen LogP contribution < -0.4 is 16.0 Å². The molecular weight excluding hydrogens is 150 g/mol. The lowest BCUT2D eigenvalue weighted by Gasteiger charge is -2.32. The zero-order valence-corrected chi connectivity index (χ0v) is 8.91. The second kappa shape index (κ2) is 5.51. The van der Waals surface area contributed by atoms with Gasteiger partial charge in [0, 0.05) is 6.04 Å². The molecular formula is C9H22N3. The van der Waals surface area contributed by atoms with Crippen molar-refractivity contribution in [3.8, 4) is 0 Å². The van der Waals surface area contributed by atoms with E-state index in [2.05, 4.69) is 29.8 Å². The van der Waals surface area contributed by atoms with E-state index in [1.165, 1.54) is 6.04 Å². The molecule has 0 aliphatic rings. The highest BCUT2D eigenvalue weighted by Gasteiger charge is 2.22. The quantitative estimate of drug-likeness (QED) is 0.516. The van der Waals surface area contributed by atoms with Crippen LogP contribution in [-0.4, -0.2) is 26.8 Å². The predicted molar refractivity (Wildman–Crippen MR) is 53.7 cm³/mol. The molecule has 0 atom stereocenters. The van der Waals surface area contributed by atoms with Crippen molar-refractivity contribution in [2.24, 2.45) is 0 Å². The molecule has 0 fully saturated rings. The molecule has 0 aromatic rings. The van der Waals surface area contributed by atoms with Gasteiger partial charge in [0.1, 0.15) is 0 Å². The van der Waals surface area contributed by atoms with E-state index in [1.807, 2.05) is 21.1 Å². The molecule has 0 aromatic heterocycles. The second-order valence-corrected chi connectivity index (χ2v) is 3.22. The van der Waals surface area contributed by atoms with Crippen LogP contribution in [0, 0.1) is 6.04 Å². The van der Waals surface area contributed by atoms with Crippen molar-refractivity contribution in [3.63, 3.8) is 0 Å². The maximum atomic E-state index is 3.26. The number of rotatable bonds is 6. The van der Waals surface area contributed by atoms with Crippen LogP contribution in [0.5, 0.6) is 0 Å². The summed E-state index contributed by atoms with van der Waals surface area (Å²) in [6.07, 6.45) is 2.09. The summed E-state index contributed by atoms with van der Waals surface area (Å²) in [5, 5.41) is 9.72. The van der Waals surface area contributed by atoms with Crippen LogP contribution in [0.15, 0.2) is 0 Å². The third-order valence-corrected chi connectivity index (χ3v) is 2.45. The van der Waals surface area contributed by atoms with Crippen molar-refractivity contribution in [1.29, 1.82) is 0 Å². The van der Waals surface area contributed by atoms with Gasteiger partial charge in [0.05, 0.1) is 5.66 Å². The minimum absolute atomic E-state index is 0.00829. The van der Waals surface area contributed by atoms with Crippen LogP contribution in [0.4, 0.5) is 0 Å². The molecule has 0 unspecified atom stereocenters. The van der Waals surface area contributed by atoms with Gasteiger partial charge in [-0.3, -0.25) is 0 Å². The molecule has 1 radical (unpaired) electrons. The first-order valence-corrected chi connectivity index (χ1v) is 4.52. The first kappa shape index (κ1) is 11.9. The Kier molecular flexibility index (Phi) is 5.46. The smallest absolute Gasteiger partial charge is 0.0671 e. The molecule has 0 aliphatic heterocycles. The summed E-state index contributed by atoms with van der Waals surface area (Å²) in [5.74, 6) is 0. The molecule has 0 amide bonds. The molecule has 73 valence electrons. The zero-order chi connectivity index (χ0) is 9.61. The van der Waals surface area contributed by atoms with Crippen LogP contribution in [0.2, 0.25) is 0 Å². The minimum atomic E-state index is 0.00829. The summed E-state index contributed by atoms with van der Waals surface area (Å²) >= 11 is 0. The lowest BCUT2D eigenvalue weighted by Crippen LogP contribution is -2.53. The van der Waals surface area contributed by atoms with Crippen molar-refractivity contribution in [1.82, 2.24) is 16.0 Å². The Hall–Kier alpha value is -0.120. The number of nitrogens with one attached hydrogen (secondary N) is 3. The summed E-state index contributed by atoms with van der Waals surface area (Å²) in [6, 6.07) is 1.36. The third kappa shape index (κ3) is 3.52. The number of hydrogen-bond acceptors (Lipinski definition) is 3. The summed E-state index contributed by atoms with van der Waals surface area (Å²) in [4.78, 5) is 0. The molecule has 0 aromatic carbocycles. The first-order chi connectivity index (χ1) is 5.61. The molecule has 0 aliphatic carbocycles. The first-order valence-electron chi connectivity index (χ1n) is 4.52. The van der Waals surface area contributed by atoms with E-state index in [-0.39, 0.29) is 5.66 Å². The molecule has 0 saturated carbocycles. The van der Waals surface area contributed by atoms with Crippen molar-refractivity contribution in [2.45, 2.75) is 32.4 Å². The van der Waals surface area contributed by atoms with E-state index < -0.39 is 0 Å². The fourth-order valence-corrected chi connectivity index (χ4v) is 1.12. The molecule has 3 N–H and O–H groups in total. The molecule has 0 saturated heterocycles. The van der Waals surface area contributed by atoms with Gasteiger partial charge in [0.2, 0.25) is 0 Å². The summed E-state index contributed by atoms with van der Waals surface area (Å²) in [7, 11) is 5.92. The van der Waals surface area contributed by atoms with Gasteiger partial charge in [0.15, 0.2) is 0 Å². The molecule has 0 spiro atoms. The van der Waals surface area contributed by atoms with Gasteiger partial charge in [-0.25, -0.2) is 0 Å². The SMILES string of the molecule is CC[C](CC(C)(NC)NC)NC. The summed E-state index contributed by atoms with van der Waals surface area (Å²) in [5.41, 5.74) is 0.00829. The van der Waals surface area contributed by atoms with Gasteiger partial charge >= 0.3 is 0 Å². The minimum Gasteiger partial charge on any atom is -0.312 e. The third-order valence-electron chi connectivity index (χ3n) is 2.45. The van der Waals surface area contributed by atoms with E-state index >= 15 is 0 Å². The van der Waals surface area contributed by atoms with Crippen molar-refractivity contribution in [2.75, 3.05) is 21.1 Å². The zero-order valence-electron chi connectivity index (χ0n) is 8.91. The van der Waals surface area contributed by atoms with Crippen molar-refractivity contribution in [3.05, 3.63) is 6.04 Å². The highest BCUT2D eigenvalue weighted by Crippen LogP contribution is 2.15. The van der Waals surface area contributed by atoms with Crippen LogP contribution in [0.1, 0.15) is 26.7 Å². The highest BCUT2D eigenvalue weighted by atomic mass is 15.2. The Bertz CT molecular complexity index is 106. The Balaban J connectivity index is 3.99. The van der Waals surface area contributed by atoms with Gasteiger partial charge in [-0.05, 0) is 40.9 Å². The average Bonchev–Trinajstić information content (AvgIpc) is 2.14. The fourth-order valence-electron chi connectivity index (χ4n) is 1.12. The van der Waals surface area contributed by atoms with E-state index in [0.29, 0.717) is 0 Å². The predicted octanol–water partition coefficient (Wildman–Crippen LogP) is 0.693. The maximum Gasteiger partial charge on any atom is 0.0671 e. The molecule has 12 heavy (non-hydrogen) atoms. The standard InChI is InChI=1S/C9H22N3/c1-6-8(10-3)7-9(2,11-4)12-5/h10-12H,6-7H2,1-5H3. The van der Waals surface area contributed by atoms with Crippen LogP contribution >= 0.6 is 0 Å². The Morgan fingerprint density at radius 1 is 1.17 bits per heavy atom. The molecule has 0 rings (SSSR count). The lowest BCUT2D eigenvalue weighted by atomic mass is 10.0. The van der Waals surface area contributed by atoms with Crippen molar-refractivity contribution < 1.29 is 0 Å². The Morgan fingerprint density at radius 3 is 1.92 bits per heavy atom.